The Kier molecular flexibility index (Phi) is 2.71. The van der Waals surface area contributed by atoms with E-state index in [4.69, 9.17) is 11.6 Å². The Labute approximate surface area is 108 Å². The molecule has 0 aliphatic carbocycles. The van der Waals surface area contributed by atoms with E-state index in [1.54, 1.807) is 11.3 Å². The molecule has 1 aromatic carbocycles. The Balaban J connectivity index is 2.10. The van der Waals surface area contributed by atoms with Crippen LogP contribution in [0, 0.1) is 0 Å². The van der Waals surface area contributed by atoms with Gasteiger partial charge in [0.2, 0.25) is 0 Å². The van der Waals surface area contributed by atoms with Crippen LogP contribution in [0.25, 0.3) is 16.9 Å². The predicted molar refractivity (Wildman–Crippen MR) is 71.9 cm³/mol. The summed E-state index contributed by atoms with van der Waals surface area (Å²) in [6, 6.07) is 11.8. The lowest BCUT2D eigenvalue weighted by atomic mass is 10.2. The molecule has 0 spiro atoms. The fraction of sp³-hybridized carbons (Fsp3) is 0. The van der Waals surface area contributed by atoms with Crippen LogP contribution in [0.15, 0.2) is 53.4 Å². The van der Waals surface area contributed by atoms with Crippen molar-refractivity contribution in [3.63, 3.8) is 0 Å². The standard InChI is InChI=1S/C13H9ClN2S/c14-11-1-3-12(4-2-11)16-13(5-7-15-16)10-6-8-17-9-10/h1-9H. The Morgan fingerprint density at radius 2 is 1.88 bits per heavy atom. The number of benzene rings is 1. The van der Waals surface area contributed by atoms with Crippen LogP contribution in [0.1, 0.15) is 0 Å². The quantitative estimate of drug-likeness (QED) is 0.673. The van der Waals surface area contributed by atoms with Crippen molar-refractivity contribution in [2.24, 2.45) is 0 Å². The first-order chi connectivity index (χ1) is 8.34. The molecule has 0 saturated heterocycles. The van der Waals surface area contributed by atoms with Gasteiger partial charge < -0.3 is 0 Å². The second-order valence-electron chi connectivity index (χ2n) is 3.62. The van der Waals surface area contributed by atoms with Crippen molar-refractivity contribution in [3.05, 3.63) is 58.4 Å². The highest BCUT2D eigenvalue weighted by Gasteiger charge is 2.07. The van der Waals surface area contributed by atoms with Crippen molar-refractivity contribution in [2.75, 3.05) is 0 Å². The van der Waals surface area contributed by atoms with Gasteiger partial charge in [0.05, 0.1) is 17.6 Å². The van der Waals surface area contributed by atoms with Gasteiger partial charge in [0.1, 0.15) is 0 Å². The smallest absolute Gasteiger partial charge is 0.0749 e. The van der Waals surface area contributed by atoms with Crippen LogP contribution in [-0.4, -0.2) is 9.78 Å². The molecule has 3 rings (SSSR count). The summed E-state index contributed by atoms with van der Waals surface area (Å²) in [6.07, 6.45) is 1.81. The molecular formula is C13H9ClN2S. The second kappa shape index (κ2) is 4.35. The molecule has 0 aliphatic rings. The van der Waals surface area contributed by atoms with Crippen molar-refractivity contribution in [1.29, 1.82) is 0 Å². The fourth-order valence-electron chi connectivity index (χ4n) is 1.72. The highest BCUT2D eigenvalue weighted by atomic mass is 35.5. The molecule has 2 aromatic heterocycles. The number of hydrogen-bond acceptors (Lipinski definition) is 2. The normalized spacial score (nSPS) is 10.6. The van der Waals surface area contributed by atoms with Crippen molar-refractivity contribution in [1.82, 2.24) is 9.78 Å². The Bertz CT molecular complexity index is 611. The maximum Gasteiger partial charge on any atom is 0.0749 e. The third-order valence-corrected chi connectivity index (χ3v) is 3.47. The number of hydrogen-bond donors (Lipinski definition) is 0. The van der Waals surface area contributed by atoms with Crippen LogP contribution in [-0.2, 0) is 0 Å². The summed E-state index contributed by atoms with van der Waals surface area (Å²) in [5, 5.41) is 9.26. The Hall–Kier alpha value is -1.58. The highest BCUT2D eigenvalue weighted by Crippen LogP contribution is 2.24. The molecule has 3 aromatic rings. The van der Waals surface area contributed by atoms with Crippen LogP contribution in [0.5, 0.6) is 0 Å². The van der Waals surface area contributed by atoms with Gasteiger partial charge >= 0.3 is 0 Å². The van der Waals surface area contributed by atoms with Gasteiger partial charge in [-0.2, -0.15) is 16.4 Å². The molecule has 0 N–H and O–H groups in total. The molecule has 0 saturated carbocycles. The maximum atomic E-state index is 5.88. The van der Waals surface area contributed by atoms with Gasteiger partial charge in [-0.1, -0.05) is 11.6 Å². The molecule has 0 amide bonds. The zero-order chi connectivity index (χ0) is 11.7. The minimum atomic E-state index is 0.734. The summed E-state index contributed by atoms with van der Waals surface area (Å²) in [6.45, 7) is 0. The lowest BCUT2D eigenvalue weighted by Crippen LogP contribution is -1.97. The van der Waals surface area contributed by atoms with Crippen LogP contribution in [0.3, 0.4) is 0 Å². The monoisotopic (exact) mass is 260 g/mol. The molecule has 2 nitrogen and oxygen atoms in total. The first-order valence-electron chi connectivity index (χ1n) is 5.17. The van der Waals surface area contributed by atoms with Crippen molar-refractivity contribution in [2.45, 2.75) is 0 Å². The molecular weight excluding hydrogens is 252 g/mol. The van der Waals surface area contributed by atoms with Crippen molar-refractivity contribution >= 4 is 22.9 Å². The first-order valence-corrected chi connectivity index (χ1v) is 6.49. The molecule has 84 valence electrons. The topological polar surface area (TPSA) is 17.8 Å². The third kappa shape index (κ3) is 1.99. The van der Waals surface area contributed by atoms with E-state index in [0.717, 1.165) is 16.4 Å². The fourth-order valence-corrected chi connectivity index (χ4v) is 2.50. The molecule has 0 radical (unpaired) electrons. The van der Waals surface area contributed by atoms with E-state index in [1.807, 2.05) is 41.2 Å². The molecule has 0 atom stereocenters. The van der Waals surface area contributed by atoms with Crippen LogP contribution in [0.4, 0.5) is 0 Å². The molecule has 17 heavy (non-hydrogen) atoms. The van der Waals surface area contributed by atoms with Crippen LogP contribution >= 0.6 is 22.9 Å². The van der Waals surface area contributed by atoms with Gasteiger partial charge in [-0.05, 0) is 41.8 Å². The van der Waals surface area contributed by atoms with Gasteiger partial charge in [0.15, 0.2) is 0 Å². The molecule has 0 aliphatic heterocycles. The van der Waals surface area contributed by atoms with E-state index in [9.17, 15) is 0 Å². The van der Waals surface area contributed by atoms with E-state index in [1.165, 1.54) is 5.56 Å². The van der Waals surface area contributed by atoms with E-state index < -0.39 is 0 Å². The minimum absolute atomic E-state index is 0.734. The summed E-state index contributed by atoms with van der Waals surface area (Å²) < 4.78 is 1.92. The average molecular weight is 261 g/mol. The summed E-state index contributed by atoms with van der Waals surface area (Å²) in [4.78, 5) is 0. The Morgan fingerprint density at radius 3 is 2.59 bits per heavy atom. The minimum Gasteiger partial charge on any atom is -0.233 e. The van der Waals surface area contributed by atoms with E-state index in [0.29, 0.717) is 0 Å². The summed E-state index contributed by atoms with van der Waals surface area (Å²) in [5.74, 6) is 0. The molecule has 4 heteroatoms. The van der Waals surface area contributed by atoms with Crippen LogP contribution in [0.2, 0.25) is 5.02 Å². The lowest BCUT2D eigenvalue weighted by molar-refractivity contribution is 0.888. The van der Waals surface area contributed by atoms with E-state index in [2.05, 4.69) is 21.9 Å². The molecule has 0 bridgehead atoms. The molecule has 0 unspecified atom stereocenters. The van der Waals surface area contributed by atoms with Gasteiger partial charge in [-0.25, -0.2) is 4.68 Å². The van der Waals surface area contributed by atoms with Crippen molar-refractivity contribution in [3.8, 4) is 16.9 Å². The maximum absolute atomic E-state index is 5.88. The Morgan fingerprint density at radius 1 is 1.06 bits per heavy atom. The van der Waals surface area contributed by atoms with Gasteiger partial charge in [-0.15, -0.1) is 0 Å². The van der Waals surface area contributed by atoms with E-state index in [-0.39, 0.29) is 0 Å². The van der Waals surface area contributed by atoms with E-state index >= 15 is 0 Å². The molecule has 0 fully saturated rings. The summed E-state index contributed by atoms with van der Waals surface area (Å²) in [5.41, 5.74) is 3.29. The van der Waals surface area contributed by atoms with Gasteiger partial charge in [0.25, 0.3) is 0 Å². The summed E-state index contributed by atoms with van der Waals surface area (Å²) >= 11 is 7.57. The van der Waals surface area contributed by atoms with Gasteiger partial charge in [0, 0.05) is 16.0 Å². The lowest BCUT2D eigenvalue weighted by Gasteiger charge is -2.06. The second-order valence-corrected chi connectivity index (χ2v) is 4.83. The summed E-state index contributed by atoms with van der Waals surface area (Å²) in [7, 11) is 0. The number of thiophene rings is 1. The SMILES string of the molecule is Clc1ccc(-n2nccc2-c2ccsc2)cc1. The average Bonchev–Trinajstić information content (AvgIpc) is 3.00. The zero-order valence-corrected chi connectivity index (χ0v) is 10.4. The van der Waals surface area contributed by atoms with Gasteiger partial charge in [-0.3, -0.25) is 0 Å². The zero-order valence-electron chi connectivity index (χ0n) is 8.88. The highest BCUT2D eigenvalue weighted by molar-refractivity contribution is 7.08. The largest absolute Gasteiger partial charge is 0.233 e. The van der Waals surface area contributed by atoms with Crippen molar-refractivity contribution < 1.29 is 0 Å². The third-order valence-electron chi connectivity index (χ3n) is 2.53. The molecule has 2 heterocycles. The number of aromatic nitrogens is 2. The first kappa shape index (κ1) is 10.6. The predicted octanol–water partition coefficient (Wildman–Crippen LogP) is 4.25. The number of nitrogens with zero attached hydrogens (tertiary/aromatic N) is 2. The number of rotatable bonds is 2. The number of halogens is 1. The van der Waals surface area contributed by atoms with Crippen LogP contribution < -0.4 is 0 Å².